The van der Waals surface area contributed by atoms with Gasteiger partial charge in [-0.2, -0.15) is 0 Å². The number of carbonyl (C=O) groups is 3. The first kappa shape index (κ1) is 45.5. The third-order valence-corrected chi connectivity index (χ3v) is 12.8. The van der Waals surface area contributed by atoms with Gasteiger partial charge in [0.2, 0.25) is 17.7 Å². The number of sulfone groups is 1. The fourth-order valence-electron chi connectivity index (χ4n) is 6.64. The van der Waals surface area contributed by atoms with Gasteiger partial charge in [0.05, 0.1) is 18.4 Å². The second kappa shape index (κ2) is 23.3. The molecular weight excluding hydrogens is 766 g/mol. The molecule has 16 heteroatoms. The predicted octanol–water partition coefficient (Wildman–Crippen LogP) is 5.60. The van der Waals surface area contributed by atoms with Gasteiger partial charge in [0.25, 0.3) is 0 Å². The molecule has 1 fully saturated rings. The lowest BCUT2D eigenvalue weighted by atomic mass is 9.81. The zero-order valence-corrected chi connectivity index (χ0v) is 34.6. The minimum atomic E-state index is -3.95. The first-order valence-corrected chi connectivity index (χ1v) is 23.3. The highest BCUT2D eigenvalue weighted by Crippen LogP contribution is 2.51. The Morgan fingerprint density at radius 3 is 2.00 bits per heavy atom. The summed E-state index contributed by atoms with van der Waals surface area (Å²) < 4.78 is 55.8. The van der Waals surface area contributed by atoms with E-state index in [1.165, 1.54) is 0 Å². The maximum Gasteiger partial charge on any atom is 0.452 e. The van der Waals surface area contributed by atoms with Crippen molar-refractivity contribution in [3.05, 3.63) is 96.6 Å². The molecule has 57 heavy (non-hydrogen) atoms. The minimum Gasteiger partial charge on any atom is -0.415 e. The van der Waals surface area contributed by atoms with E-state index in [0.29, 0.717) is 56.8 Å². The van der Waals surface area contributed by atoms with E-state index in [4.69, 9.17) is 21.8 Å². The number of benzene rings is 3. The molecule has 3 aromatic rings. The lowest BCUT2D eigenvalue weighted by Crippen LogP contribution is -2.55. The molecule has 5 atom stereocenters. The summed E-state index contributed by atoms with van der Waals surface area (Å²) in [6, 6.07) is 24.8. The normalized spacial score (nSPS) is 17.4. The Bertz CT molecular complexity index is 1800. The minimum absolute atomic E-state index is 0.0643. The van der Waals surface area contributed by atoms with E-state index in [1.54, 1.807) is 67.6 Å². The van der Waals surface area contributed by atoms with Crippen LogP contribution >= 0.6 is 7.60 Å². The Morgan fingerprint density at radius 1 is 0.807 bits per heavy atom. The number of unbranched alkanes of at least 4 members (excludes halogenated alkanes) is 1. The molecule has 4 rings (SSSR count). The Hall–Kier alpha value is -4.17. The molecule has 1 saturated carbocycles. The summed E-state index contributed by atoms with van der Waals surface area (Å²) in [5.74, 6) is -2.05. The molecule has 2 radical (unpaired) electrons. The standard InChI is InChI=1S/C41H56BN4O9PS/c1-31(56(50,54-34-19-8-4-9-20-34)55-35-21-10-5-11-22-35)43-39(47)26-25-33-18-12-13-23-36(33)44-40(48)37(27-29-57(2,51)52)45-41(49)38(46-42)24-14-15-28-53-30-32-16-6-3-7-17-32/h3-11,16-17,19-22,31,33,36-38,46H,12-15,18,23-30H2,1-2H3,(H,43,47)(H,44,48)(H,45,49)/t31?,33?,36?,37-,38-/m0/s1. The summed E-state index contributed by atoms with van der Waals surface area (Å²) >= 11 is 0. The van der Waals surface area contributed by atoms with Crippen LogP contribution in [0.3, 0.4) is 0 Å². The quantitative estimate of drug-likeness (QED) is 0.0505. The van der Waals surface area contributed by atoms with Gasteiger partial charge < -0.3 is 35.0 Å². The molecule has 13 nitrogen and oxygen atoms in total. The molecule has 4 N–H and O–H groups in total. The lowest BCUT2D eigenvalue weighted by Gasteiger charge is -2.34. The van der Waals surface area contributed by atoms with Gasteiger partial charge in [-0.05, 0) is 87.6 Å². The number of hydrogen-bond donors (Lipinski definition) is 4. The summed E-state index contributed by atoms with van der Waals surface area (Å²) in [4.78, 5) is 40.4. The van der Waals surface area contributed by atoms with Gasteiger partial charge in [-0.3, -0.25) is 14.4 Å². The van der Waals surface area contributed by atoms with Crippen molar-refractivity contribution in [3.63, 3.8) is 0 Å². The number of amides is 3. The molecule has 3 unspecified atom stereocenters. The van der Waals surface area contributed by atoms with E-state index in [-0.39, 0.29) is 36.5 Å². The van der Waals surface area contributed by atoms with E-state index in [9.17, 15) is 27.4 Å². The molecule has 0 saturated heterocycles. The number of hydrogen-bond acceptors (Lipinski definition) is 10. The van der Waals surface area contributed by atoms with E-state index in [1.807, 2.05) is 30.3 Å². The highest BCUT2D eigenvalue weighted by atomic mass is 32.2. The second-order valence-corrected chi connectivity index (χ2v) is 19.0. The van der Waals surface area contributed by atoms with Crippen LogP contribution in [0.15, 0.2) is 91.0 Å². The Labute approximate surface area is 338 Å². The molecule has 0 aromatic heterocycles. The number of para-hydroxylation sites is 2. The van der Waals surface area contributed by atoms with Gasteiger partial charge in [-0.15, -0.1) is 0 Å². The van der Waals surface area contributed by atoms with Crippen molar-refractivity contribution in [1.82, 2.24) is 21.2 Å². The molecule has 1 aliphatic carbocycles. The second-order valence-electron chi connectivity index (χ2n) is 14.5. The van der Waals surface area contributed by atoms with Crippen molar-refractivity contribution in [1.29, 1.82) is 0 Å². The third-order valence-electron chi connectivity index (χ3n) is 9.85. The molecule has 0 aliphatic heterocycles. The van der Waals surface area contributed by atoms with Crippen LogP contribution in [0.5, 0.6) is 11.5 Å². The SMILES string of the molecule is [B]N[C@@H](CCCCOCc1ccccc1)C(=O)N[C@@H](CCS(C)(=O)=O)C(=O)NC1CCCCC1CCC(=O)NC(C)P(=O)(Oc1ccccc1)Oc1ccccc1. The van der Waals surface area contributed by atoms with E-state index in [2.05, 4.69) is 21.2 Å². The van der Waals surface area contributed by atoms with Crippen LogP contribution in [0.4, 0.5) is 0 Å². The molecule has 0 heterocycles. The average Bonchev–Trinajstić information content (AvgIpc) is 3.19. The fourth-order valence-corrected chi connectivity index (χ4v) is 8.79. The molecule has 0 bridgehead atoms. The van der Waals surface area contributed by atoms with Crippen LogP contribution in [-0.4, -0.2) is 76.6 Å². The first-order valence-electron chi connectivity index (χ1n) is 19.6. The third kappa shape index (κ3) is 16.3. The molecular formula is C41H56BN4O9PS. The number of ether oxygens (including phenoxy) is 1. The summed E-state index contributed by atoms with van der Waals surface area (Å²) in [7, 11) is -1.66. The first-order chi connectivity index (χ1) is 27.3. The fraction of sp³-hybridized carbons (Fsp3) is 0.488. The molecule has 308 valence electrons. The van der Waals surface area contributed by atoms with Gasteiger partial charge in [0, 0.05) is 25.3 Å². The van der Waals surface area contributed by atoms with Crippen molar-refractivity contribution < 1.29 is 41.2 Å². The van der Waals surface area contributed by atoms with Gasteiger partial charge in [-0.1, -0.05) is 79.6 Å². The van der Waals surface area contributed by atoms with Crippen LogP contribution in [0, 0.1) is 5.92 Å². The monoisotopic (exact) mass is 822 g/mol. The van der Waals surface area contributed by atoms with E-state index < -0.39 is 47.1 Å². The van der Waals surface area contributed by atoms with Crippen LogP contribution in [0.1, 0.15) is 76.7 Å². The van der Waals surface area contributed by atoms with E-state index in [0.717, 1.165) is 31.1 Å². The lowest BCUT2D eigenvalue weighted by molar-refractivity contribution is -0.130. The van der Waals surface area contributed by atoms with Crippen molar-refractivity contribution >= 4 is 43.1 Å². The largest absolute Gasteiger partial charge is 0.452 e. The Balaban J connectivity index is 1.31. The zero-order valence-electron chi connectivity index (χ0n) is 32.8. The van der Waals surface area contributed by atoms with Gasteiger partial charge in [0.1, 0.15) is 27.4 Å². The van der Waals surface area contributed by atoms with Gasteiger partial charge in [0.15, 0.2) is 13.8 Å². The summed E-state index contributed by atoms with van der Waals surface area (Å²) in [6.07, 6.45) is 6.38. The predicted molar refractivity (Wildman–Crippen MR) is 221 cm³/mol. The van der Waals surface area contributed by atoms with E-state index >= 15 is 0 Å². The maximum absolute atomic E-state index is 14.1. The zero-order chi connectivity index (χ0) is 41.1. The topological polar surface area (TPSA) is 178 Å². The molecule has 3 amide bonds. The number of nitrogens with one attached hydrogen (secondary N) is 4. The summed E-state index contributed by atoms with van der Waals surface area (Å²) in [6.45, 7) is 2.57. The van der Waals surface area contributed by atoms with Crippen LogP contribution < -0.4 is 30.2 Å². The van der Waals surface area contributed by atoms with Crippen LogP contribution in [-0.2, 0) is 40.1 Å². The Kier molecular flexibility index (Phi) is 18.6. The van der Waals surface area contributed by atoms with Crippen molar-refractivity contribution in [2.75, 3.05) is 18.6 Å². The molecule has 0 spiro atoms. The van der Waals surface area contributed by atoms with Gasteiger partial charge >= 0.3 is 7.60 Å². The maximum atomic E-state index is 14.1. The average molecular weight is 823 g/mol. The Morgan fingerprint density at radius 2 is 1.40 bits per heavy atom. The van der Waals surface area contributed by atoms with Crippen molar-refractivity contribution in [2.45, 2.75) is 102 Å². The van der Waals surface area contributed by atoms with Crippen LogP contribution in [0.2, 0.25) is 0 Å². The number of rotatable bonds is 24. The molecule has 1 aliphatic rings. The summed E-state index contributed by atoms with van der Waals surface area (Å²) in [5, 5.41) is 11.1. The van der Waals surface area contributed by atoms with Crippen molar-refractivity contribution in [3.8, 4) is 11.5 Å². The van der Waals surface area contributed by atoms with Gasteiger partial charge in [-0.25, -0.2) is 13.0 Å². The summed E-state index contributed by atoms with van der Waals surface area (Å²) in [5.41, 5.74) is 1.07. The van der Waals surface area contributed by atoms with Crippen LogP contribution in [0.25, 0.3) is 0 Å². The smallest absolute Gasteiger partial charge is 0.415 e. The van der Waals surface area contributed by atoms with Crippen molar-refractivity contribution in [2.24, 2.45) is 5.92 Å². The highest BCUT2D eigenvalue weighted by molar-refractivity contribution is 7.90. The molecule has 3 aromatic carbocycles. The highest BCUT2D eigenvalue weighted by Gasteiger charge is 2.38. The number of carbonyl (C=O) groups excluding carboxylic acids is 3.